The third-order valence-electron chi connectivity index (χ3n) is 4.51. The zero-order chi connectivity index (χ0) is 14.7. The van der Waals surface area contributed by atoms with Crippen LogP contribution in [0.3, 0.4) is 0 Å². The molecule has 0 spiro atoms. The van der Waals surface area contributed by atoms with Crippen LogP contribution in [0.5, 0.6) is 0 Å². The zero-order valence-electron chi connectivity index (χ0n) is 13.4. The van der Waals surface area contributed by atoms with Gasteiger partial charge in [-0.1, -0.05) is 48.0 Å². The minimum atomic E-state index is -0.158. The molecule has 0 saturated heterocycles. The average molecular weight is 270 g/mol. The average Bonchev–Trinajstić information content (AvgIpc) is 2.30. The van der Waals surface area contributed by atoms with Crippen molar-refractivity contribution in [3.8, 4) is 0 Å². The third-order valence-corrected chi connectivity index (χ3v) is 4.51. The highest BCUT2D eigenvalue weighted by atomic mass is 16.7. The maximum Gasteiger partial charge on any atom is 0.310 e. The fourth-order valence-electron chi connectivity index (χ4n) is 3.24. The van der Waals surface area contributed by atoms with E-state index in [1.165, 1.54) is 19.3 Å². The lowest BCUT2D eigenvalue weighted by Crippen LogP contribution is -2.47. The van der Waals surface area contributed by atoms with Gasteiger partial charge in [-0.15, -0.1) is 0 Å². The van der Waals surface area contributed by atoms with Crippen molar-refractivity contribution >= 4 is 5.97 Å². The molecule has 0 radical (unpaired) electrons. The molecule has 0 amide bonds. The largest absolute Gasteiger partial charge is 0.438 e. The van der Waals surface area contributed by atoms with Gasteiger partial charge in [-0.25, -0.2) is 0 Å². The summed E-state index contributed by atoms with van der Waals surface area (Å²) in [7, 11) is 0. The van der Waals surface area contributed by atoms with E-state index < -0.39 is 0 Å². The maximum atomic E-state index is 11.6. The van der Waals surface area contributed by atoms with Gasteiger partial charge >= 0.3 is 5.97 Å². The van der Waals surface area contributed by atoms with Crippen LogP contribution in [-0.4, -0.2) is 18.9 Å². The van der Waals surface area contributed by atoms with Crippen LogP contribution in [-0.2, 0) is 14.3 Å². The third kappa shape index (κ3) is 4.20. The molecule has 0 N–H and O–H groups in total. The highest BCUT2D eigenvalue weighted by Gasteiger charge is 2.44. The Kier molecular flexibility index (Phi) is 5.43. The molecular formula is C16H30O3. The maximum absolute atomic E-state index is 11.6. The topological polar surface area (TPSA) is 35.5 Å². The normalized spacial score (nSPS) is 23.9. The van der Waals surface area contributed by atoms with E-state index in [1.807, 2.05) is 13.8 Å². The van der Waals surface area contributed by atoms with Crippen LogP contribution in [0.4, 0.5) is 0 Å². The van der Waals surface area contributed by atoms with Gasteiger partial charge in [0.1, 0.15) is 0 Å². The summed E-state index contributed by atoms with van der Waals surface area (Å²) in [6.07, 6.45) is 4.52. The molecule has 1 atom stereocenters. The molecule has 0 aromatic heterocycles. The summed E-state index contributed by atoms with van der Waals surface area (Å²) in [6, 6.07) is 0. The number of rotatable bonds is 5. The molecule has 0 aliphatic heterocycles. The van der Waals surface area contributed by atoms with E-state index in [9.17, 15) is 4.79 Å². The number of ether oxygens (including phenoxy) is 2. The van der Waals surface area contributed by atoms with Crippen LogP contribution in [0.1, 0.15) is 67.2 Å². The fraction of sp³-hybridized carbons (Fsp3) is 0.938. The lowest BCUT2D eigenvalue weighted by Gasteiger charge is -2.48. The van der Waals surface area contributed by atoms with E-state index in [1.54, 1.807) is 0 Å². The second-order valence-electron chi connectivity index (χ2n) is 7.27. The standard InChI is InChI=1S/C16H30O3/c1-7-12(2)13(17)18-11-19-14-15(3,4)9-8-10-16(14,5)6/h12,14H,7-11H2,1-6H3. The SMILES string of the molecule is CCC(C)C(=O)OCOC1C(C)(C)CCCC1(C)C. The van der Waals surface area contributed by atoms with Gasteiger partial charge in [-0.2, -0.15) is 0 Å². The Hall–Kier alpha value is -0.570. The number of carbonyl (C=O) groups excluding carboxylic acids is 1. The minimum absolute atomic E-state index is 0.0454. The Bertz CT molecular complexity index is 291. The summed E-state index contributed by atoms with van der Waals surface area (Å²) in [4.78, 5) is 11.6. The molecule has 0 bridgehead atoms. The number of carbonyl (C=O) groups is 1. The first kappa shape index (κ1) is 16.5. The summed E-state index contributed by atoms with van der Waals surface area (Å²) < 4.78 is 11.2. The molecule has 112 valence electrons. The summed E-state index contributed by atoms with van der Waals surface area (Å²) in [5.74, 6) is -0.204. The molecule has 1 aliphatic rings. The molecule has 1 fully saturated rings. The number of hydrogen-bond donors (Lipinski definition) is 0. The van der Waals surface area contributed by atoms with E-state index in [0.29, 0.717) is 0 Å². The first-order chi connectivity index (χ1) is 8.70. The van der Waals surface area contributed by atoms with Crippen molar-refractivity contribution in [3.05, 3.63) is 0 Å². The predicted molar refractivity (Wildman–Crippen MR) is 76.7 cm³/mol. The predicted octanol–water partition coefficient (Wildman–Crippen LogP) is 4.15. The lowest BCUT2D eigenvalue weighted by molar-refractivity contribution is -0.192. The lowest BCUT2D eigenvalue weighted by atomic mass is 9.63. The molecular weight excluding hydrogens is 240 g/mol. The fourth-order valence-corrected chi connectivity index (χ4v) is 3.24. The molecule has 3 nitrogen and oxygen atoms in total. The van der Waals surface area contributed by atoms with Crippen LogP contribution in [0.2, 0.25) is 0 Å². The van der Waals surface area contributed by atoms with E-state index in [-0.39, 0.29) is 35.6 Å². The second-order valence-corrected chi connectivity index (χ2v) is 7.27. The van der Waals surface area contributed by atoms with E-state index in [2.05, 4.69) is 27.7 Å². The Morgan fingerprint density at radius 3 is 2.21 bits per heavy atom. The number of esters is 1. The van der Waals surface area contributed by atoms with Crippen molar-refractivity contribution in [1.82, 2.24) is 0 Å². The van der Waals surface area contributed by atoms with Crippen LogP contribution >= 0.6 is 0 Å². The minimum Gasteiger partial charge on any atom is -0.438 e. The van der Waals surface area contributed by atoms with Crippen LogP contribution in [0.25, 0.3) is 0 Å². The van der Waals surface area contributed by atoms with Gasteiger partial charge in [0.15, 0.2) is 6.79 Å². The van der Waals surface area contributed by atoms with Gasteiger partial charge in [0.25, 0.3) is 0 Å². The zero-order valence-corrected chi connectivity index (χ0v) is 13.4. The van der Waals surface area contributed by atoms with Gasteiger partial charge < -0.3 is 9.47 Å². The number of hydrogen-bond acceptors (Lipinski definition) is 3. The summed E-state index contributed by atoms with van der Waals surface area (Å²) in [5, 5.41) is 0. The van der Waals surface area contributed by atoms with Crippen LogP contribution < -0.4 is 0 Å². The van der Waals surface area contributed by atoms with Crippen molar-refractivity contribution in [2.45, 2.75) is 73.3 Å². The van der Waals surface area contributed by atoms with E-state index in [4.69, 9.17) is 9.47 Å². The molecule has 1 aliphatic carbocycles. The molecule has 1 rings (SSSR count). The Labute approximate surface area is 118 Å². The van der Waals surface area contributed by atoms with Gasteiger partial charge in [0.2, 0.25) is 0 Å². The van der Waals surface area contributed by atoms with Crippen molar-refractivity contribution in [2.24, 2.45) is 16.7 Å². The molecule has 1 saturated carbocycles. The Morgan fingerprint density at radius 1 is 1.21 bits per heavy atom. The molecule has 3 heteroatoms. The van der Waals surface area contributed by atoms with Crippen LogP contribution in [0, 0.1) is 16.7 Å². The molecule has 0 heterocycles. The Balaban J connectivity index is 2.52. The van der Waals surface area contributed by atoms with Crippen molar-refractivity contribution < 1.29 is 14.3 Å². The highest BCUT2D eigenvalue weighted by molar-refractivity contribution is 5.71. The molecule has 0 aromatic carbocycles. The highest BCUT2D eigenvalue weighted by Crippen LogP contribution is 2.47. The van der Waals surface area contributed by atoms with E-state index >= 15 is 0 Å². The summed E-state index contributed by atoms with van der Waals surface area (Å²) in [6.45, 7) is 12.9. The summed E-state index contributed by atoms with van der Waals surface area (Å²) >= 11 is 0. The molecule has 19 heavy (non-hydrogen) atoms. The van der Waals surface area contributed by atoms with Crippen molar-refractivity contribution in [3.63, 3.8) is 0 Å². The first-order valence-electron chi connectivity index (χ1n) is 7.49. The molecule has 1 unspecified atom stereocenters. The van der Waals surface area contributed by atoms with Crippen molar-refractivity contribution in [2.75, 3.05) is 6.79 Å². The van der Waals surface area contributed by atoms with Gasteiger partial charge in [0.05, 0.1) is 12.0 Å². The summed E-state index contributed by atoms with van der Waals surface area (Å²) in [5.41, 5.74) is 0.287. The van der Waals surface area contributed by atoms with E-state index in [0.717, 1.165) is 6.42 Å². The second kappa shape index (κ2) is 6.25. The quantitative estimate of drug-likeness (QED) is 0.556. The first-order valence-corrected chi connectivity index (χ1v) is 7.49. The Morgan fingerprint density at radius 2 is 1.74 bits per heavy atom. The van der Waals surface area contributed by atoms with Crippen LogP contribution in [0.15, 0.2) is 0 Å². The smallest absolute Gasteiger partial charge is 0.310 e. The van der Waals surface area contributed by atoms with Gasteiger partial charge in [-0.05, 0) is 30.1 Å². The van der Waals surface area contributed by atoms with Gasteiger partial charge in [-0.3, -0.25) is 4.79 Å². The molecule has 0 aromatic rings. The van der Waals surface area contributed by atoms with Gasteiger partial charge in [0, 0.05) is 0 Å². The van der Waals surface area contributed by atoms with Crippen molar-refractivity contribution in [1.29, 1.82) is 0 Å². The monoisotopic (exact) mass is 270 g/mol.